The van der Waals surface area contributed by atoms with Gasteiger partial charge in [-0.15, -0.1) is 0 Å². The van der Waals surface area contributed by atoms with Gasteiger partial charge in [0.05, 0.1) is 30.4 Å². The van der Waals surface area contributed by atoms with Crippen LogP contribution in [-0.2, 0) is 49.9 Å². The fourth-order valence-electron chi connectivity index (χ4n) is 7.83. The van der Waals surface area contributed by atoms with Crippen molar-refractivity contribution in [3.05, 3.63) is 53.7 Å². The molecule has 2 aromatic heterocycles. The number of nitrogens with two attached hydrogens (primary N) is 1. The third-order valence-corrected chi connectivity index (χ3v) is 13.4. The average molecular weight is 871 g/mol. The maximum atomic E-state index is 14.3. The van der Waals surface area contributed by atoms with E-state index in [-0.39, 0.29) is 29.5 Å². The molecule has 1 saturated carbocycles. The number of halogens is 1. The van der Waals surface area contributed by atoms with Gasteiger partial charge in [0.25, 0.3) is 0 Å². The number of fused-ring (bicyclic) bond motifs is 2. The third-order valence-electron chi connectivity index (χ3n) is 11.4. The van der Waals surface area contributed by atoms with Crippen molar-refractivity contribution < 1.29 is 55.7 Å². The maximum Gasteiger partial charge on any atom is 0.472 e. The second kappa shape index (κ2) is 21.5. The molecule has 0 radical (unpaired) electrons. The molecule has 2 aliphatic rings. The van der Waals surface area contributed by atoms with Gasteiger partial charge >= 0.3 is 7.82 Å². The largest absolute Gasteiger partial charge is 0.472 e. The molecular formula is C41H64FN4O11PS. The number of hydrogen-bond acceptors (Lipinski definition) is 13. The molecule has 18 heteroatoms. The molecule has 1 aliphatic heterocycles. The molecule has 0 spiro atoms. The second-order valence-corrected chi connectivity index (χ2v) is 19.7. The van der Waals surface area contributed by atoms with Crippen LogP contribution in [0.1, 0.15) is 128 Å². The molecule has 5 rings (SSSR count). The quantitative estimate of drug-likeness (QED) is 0.0411. The highest BCUT2D eigenvalue weighted by Crippen LogP contribution is 2.63. The summed E-state index contributed by atoms with van der Waals surface area (Å²) in [5.41, 5.74) is 3.48. The fourth-order valence-corrected chi connectivity index (χ4v) is 9.51. The van der Waals surface area contributed by atoms with Gasteiger partial charge in [0, 0.05) is 12.9 Å². The van der Waals surface area contributed by atoms with Crippen LogP contribution in [0.15, 0.2) is 41.6 Å². The molecule has 0 bridgehead atoms. The predicted octanol–water partition coefficient (Wildman–Crippen LogP) is 6.94. The summed E-state index contributed by atoms with van der Waals surface area (Å²) in [4.78, 5) is 14.4. The summed E-state index contributed by atoms with van der Waals surface area (Å²) < 4.78 is 81.5. The number of anilines is 1. The van der Waals surface area contributed by atoms with Gasteiger partial charge in [-0.2, -0.15) is 5.10 Å². The van der Waals surface area contributed by atoms with E-state index in [0.717, 1.165) is 44.1 Å². The number of aliphatic hydroxyl groups is 2. The number of aliphatic hydroxyl groups excluding tert-OH is 1. The number of unbranched alkanes of at least 4 members (excludes halogenated alkanes) is 15. The van der Waals surface area contributed by atoms with E-state index in [2.05, 4.69) is 17.0 Å². The van der Waals surface area contributed by atoms with E-state index in [4.69, 9.17) is 29.0 Å². The number of benzene rings is 1. The summed E-state index contributed by atoms with van der Waals surface area (Å²) in [6.07, 6.45) is 17.0. The number of nitrogens with zero attached hydrogens (tertiary/aromatic N) is 3. The number of phosphoric ester groups is 1. The highest BCUT2D eigenvalue weighted by Gasteiger charge is 2.82. The summed E-state index contributed by atoms with van der Waals surface area (Å²) in [6.45, 7) is 3.40. The van der Waals surface area contributed by atoms with Crippen molar-refractivity contribution in [1.29, 1.82) is 0 Å². The molecule has 59 heavy (non-hydrogen) atoms. The zero-order valence-corrected chi connectivity index (χ0v) is 36.4. The Kier molecular flexibility index (Phi) is 17.3. The Labute approximate surface area is 347 Å². The van der Waals surface area contributed by atoms with Crippen LogP contribution in [-0.4, -0.2) is 94.2 Å². The highest BCUT2D eigenvalue weighted by atomic mass is 32.2. The van der Waals surface area contributed by atoms with Gasteiger partial charge in [-0.1, -0.05) is 103 Å². The van der Waals surface area contributed by atoms with Crippen molar-refractivity contribution in [3.63, 3.8) is 0 Å². The van der Waals surface area contributed by atoms with Gasteiger partial charge in [-0.05, 0) is 49.2 Å². The fraction of sp³-hybridized carbons (Fsp3) is 0.707. The van der Waals surface area contributed by atoms with E-state index >= 15 is 0 Å². The first-order chi connectivity index (χ1) is 28.1. The Balaban J connectivity index is 1.06. The molecule has 1 aromatic carbocycles. The first-order valence-corrected chi connectivity index (χ1v) is 24.5. The molecule has 0 amide bonds. The second-order valence-electron chi connectivity index (χ2n) is 16.3. The van der Waals surface area contributed by atoms with Crippen LogP contribution in [0.5, 0.6) is 0 Å². The zero-order chi connectivity index (χ0) is 42.7. The Morgan fingerprint density at radius 1 is 0.966 bits per heavy atom. The van der Waals surface area contributed by atoms with Gasteiger partial charge in [0.15, 0.2) is 21.3 Å². The van der Waals surface area contributed by atoms with Crippen LogP contribution in [0.4, 0.5) is 10.2 Å². The van der Waals surface area contributed by atoms with E-state index in [9.17, 15) is 32.5 Å². The number of nitrogen functional groups attached to an aromatic ring is 1. The molecule has 3 heterocycles. The first-order valence-electron chi connectivity index (χ1n) is 21.1. The van der Waals surface area contributed by atoms with Crippen molar-refractivity contribution in [2.24, 2.45) is 0 Å². The highest BCUT2D eigenvalue weighted by molar-refractivity contribution is 7.90. The normalized spacial score (nSPS) is 24.4. The molecule has 2 fully saturated rings. The Morgan fingerprint density at radius 2 is 1.58 bits per heavy atom. The summed E-state index contributed by atoms with van der Waals surface area (Å²) in [5.74, 6) is -0.559. The van der Waals surface area contributed by atoms with Crippen molar-refractivity contribution in [2.45, 2.75) is 164 Å². The van der Waals surface area contributed by atoms with Crippen molar-refractivity contribution in [2.75, 3.05) is 31.8 Å². The number of aromatic nitrogens is 3. The van der Waals surface area contributed by atoms with Crippen LogP contribution in [0, 0.1) is 5.82 Å². The number of hydrogen-bond donors (Lipinski definition) is 4. The molecule has 1 saturated heterocycles. The van der Waals surface area contributed by atoms with Crippen molar-refractivity contribution in [3.8, 4) is 0 Å². The predicted molar refractivity (Wildman–Crippen MR) is 220 cm³/mol. The third kappa shape index (κ3) is 12.7. The van der Waals surface area contributed by atoms with Crippen LogP contribution in [0.2, 0.25) is 0 Å². The Hall–Kier alpha value is -2.57. The molecular weight excluding hydrogens is 807 g/mol. The zero-order valence-electron chi connectivity index (χ0n) is 34.7. The average Bonchev–Trinajstić information content (AvgIpc) is 3.43. The molecule has 5 N–H and O–H groups in total. The van der Waals surface area contributed by atoms with E-state index in [1.807, 2.05) is 0 Å². The van der Waals surface area contributed by atoms with Crippen molar-refractivity contribution in [1.82, 2.24) is 14.6 Å². The molecule has 15 nitrogen and oxygen atoms in total. The Bertz CT molecular complexity index is 1960. The minimum atomic E-state index is -4.89. The van der Waals surface area contributed by atoms with Gasteiger partial charge in [0.2, 0.25) is 0 Å². The standard InChI is InChI=1S/C41H64FN4O11PS/c1-4-5-6-7-8-9-10-11-12-13-14-15-16-17-18-19-22-53-27-32(54-26-30-23-31(42)25-33(24-30)59(3,51)52)28-55-58(49,50)57-37-36-41(37,48)39(47)40(2,56-36)35-21-20-34-38(43)44-29-45-46(34)35/h20-21,23-25,29,32,36-37,39,47-48H,4-19,22,26-28H2,1-3H3,(H,49,50)(H2,43,44,45)/t32-,36-,37?,39+,40+,41+/m1/s1. The van der Waals surface area contributed by atoms with Gasteiger partial charge in [0.1, 0.15) is 47.7 Å². The summed E-state index contributed by atoms with van der Waals surface area (Å²) in [7, 11) is -8.59. The molecule has 332 valence electrons. The summed E-state index contributed by atoms with van der Waals surface area (Å²) >= 11 is 0. The maximum absolute atomic E-state index is 14.3. The number of phosphoric acid groups is 1. The summed E-state index contributed by atoms with van der Waals surface area (Å²) in [5, 5.41) is 26.8. The van der Waals surface area contributed by atoms with E-state index in [1.165, 1.54) is 94.0 Å². The number of ether oxygens (including phenoxy) is 3. The lowest BCUT2D eigenvalue weighted by Crippen LogP contribution is -2.46. The van der Waals surface area contributed by atoms with Crippen molar-refractivity contribution >= 4 is 29.0 Å². The molecule has 7 atom stereocenters. The van der Waals surface area contributed by atoms with Crippen LogP contribution in [0.3, 0.4) is 0 Å². The number of sulfone groups is 1. The van der Waals surface area contributed by atoms with Crippen LogP contribution >= 0.6 is 7.82 Å². The van der Waals surface area contributed by atoms with Crippen LogP contribution in [0.25, 0.3) is 5.52 Å². The lowest BCUT2D eigenvalue weighted by Gasteiger charge is -2.32. The first kappa shape index (κ1) is 47.5. The summed E-state index contributed by atoms with van der Waals surface area (Å²) in [6, 6.07) is 6.61. The lowest BCUT2D eigenvalue weighted by molar-refractivity contribution is -0.127. The SMILES string of the molecule is CCCCCCCCCCCCCCCCCCOC[C@H](COP(=O)(O)OC1[C@H]2O[C@@](C)(c3ccc4c(N)ncnn34)[C@H](O)[C@@]12O)OCc1cc(F)cc(S(C)(=O)=O)c1. The molecule has 2 unspecified atom stereocenters. The minimum Gasteiger partial charge on any atom is -0.386 e. The lowest BCUT2D eigenvalue weighted by atomic mass is 9.91. The van der Waals surface area contributed by atoms with Crippen LogP contribution < -0.4 is 5.73 Å². The minimum absolute atomic E-state index is 0.0531. The smallest absolute Gasteiger partial charge is 0.386 e. The Morgan fingerprint density at radius 3 is 2.15 bits per heavy atom. The van der Waals surface area contributed by atoms with E-state index in [0.29, 0.717) is 17.8 Å². The number of rotatable bonds is 29. The van der Waals surface area contributed by atoms with Gasteiger partial charge < -0.3 is 35.1 Å². The molecule has 3 aromatic rings. The monoisotopic (exact) mass is 870 g/mol. The van der Waals surface area contributed by atoms with Gasteiger partial charge in [-0.25, -0.2) is 26.9 Å². The molecule has 1 aliphatic carbocycles. The van der Waals surface area contributed by atoms with E-state index in [1.54, 1.807) is 19.1 Å². The van der Waals surface area contributed by atoms with E-state index < -0.39 is 65.7 Å². The van der Waals surface area contributed by atoms with Gasteiger partial charge in [-0.3, -0.25) is 9.05 Å². The topological polar surface area (TPSA) is 214 Å².